The molecule has 0 aliphatic rings. The molecule has 0 spiro atoms. The van der Waals surface area contributed by atoms with E-state index in [1.807, 2.05) is 24.3 Å². The second-order valence-corrected chi connectivity index (χ2v) is 4.28. The largest absolute Gasteiger partial charge is 0.497 e. The molecule has 0 heterocycles. The van der Waals surface area contributed by atoms with Crippen LogP contribution in [0.15, 0.2) is 24.3 Å². The first kappa shape index (κ1) is 14.5. The maximum atomic E-state index is 11.8. The fourth-order valence-electron chi connectivity index (χ4n) is 1.67. The molecule has 18 heavy (non-hydrogen) atoms. The molecule has 0 aliphatic heterocycles. The van der Waals surface area contributed by atoms with Crippen molar-refractivity contribution in [2.45, 2.75) is 25.8 Å². The monoisotopic (exact) mass is 251 g/mol. The van der Waals surface area contributed by atoms with E-state index in [4.69, 9.17) is 9.84 Å². The zero-order valence-corrected chi connectivity index (χ0v) is 11.1. The number of unbranched alkanes of at least 4 members (excludes halogenated alkanes) is 1. The minimum Gasteiger partial charge on any atom is -0.497 e. The van der Waals surface area contributed by atoms with Gasteiger partial charge in [-0.2, -0.15) is 0 Å². The molecule has 0 unspecified atom stereocenters. The van der Waals surface area contributed by atoms with Crippen molar-refractivity contribution in [2.24, 2.45) is 0 Å². The molecule has 0 atom stereocenters. The molecule has 4 nitrogen and oxygen atoms in total. The Kier molecular flexibility index (Phi) is 6.22. The Bertz CT molecular complexity index is 362. The third kappa shape index (κ3) is 4.75. The van der Waals surface area contributed by atoms with Gasteiger partial charge in [0.2, 0.25) is 5.91 Å². The number of aliphatic hydroxyl groups is 1. The van der Waals surface area contributed by atoms with E-state index in [2.05, 4.69) is 0 Å². The molecule has 0 bridgehead atoms. The Labute approximate surface area is 108 Å². The quantitative estimate of drug-likeness (QED) is 0.752. The first-order valence-corrected chi connectivity index (χ1v) is 6.15. The average molecular weight is 251 g/mol. The zero-order chi connectivity index (χ0) is 13.4. The molecule has 0 aliphatic carbocycles. The number of hydrogen-bond donors (Lipinski definition) is 1. The lowest BCUT2D eigenvalue weighted by Gasteiger charge is -2.17. The molecule has 4 heteroatoms. The van der Waals surface area contributed by atoms with Crippen molar-refractivity contribution in [2.75, 3.05) is 20.8 Å². The van der Waals surface area contributed by atoms with Gasteiger partial charge in [0, 0.05) is 26.6 Å². The molecule has 1 aromatic rings. The van der Waals surface area contributed by atoms with E-state index in [9.17, 15) is 4.79 Å². The third-order valence-corrected chi connectivity index (χ3v) is 2.80. The highest BCUT2D eigenvalue weighted by Gasteiger charge is 2.08. The molecule has 0 aromatic heterocycles. The molecular weight excluding hydrogens is 230 g/mol. The van der Waals surface area contributed by atoms with Gasteiger partial charge in [-0.15, -0.1) is 0 Å². The molecule has 1 rings (SSSR count). The van der Waals surface area contributed by atoms with Crippen LogP contribution < -0.4 is 4.74 Å². The van der Waals surface area contributed by atoms with Crippen LogP contribution in [0.4, 0.5) is 0 Å². The van der Waals surface area contributed by atoms with Crippen molar-refractivity contribution in [3.63, 3.8) is 0 Å². The van der Waals surface area contributed by atoms with Gasteiger partial charge in [0.15, 0.2) is 0 Å². The molecule has 0 saturated carbocycles. The fraction of sp³-hybridized carbons (Fsp3) is 0.500. The number of rotatable bonds is 7. The van der Waals surface area contributed by atoms with Crippen LogP contribution in [0, 0.1) is 0 Å². The van der Waals surface area contributed by atoms with Crippen molar-refractivity contribution in [1.29, 1.82) is 0 Å². The van der Waals surface area contributed by atoms with Crippen LogP contribution in [0.1, 0.15) is 24.8 Å². The highest BCUT2D eigenvalue weighted by molar-refractivity contribution is 5.75. The second kappa shape index (κ2) is 7.71. The summed E-state index contributed by atoms with van der Waals surface area (Å²) in [5.74, 6) is 0.926. The summed E-state index contributed by atoms with van der Waals surface area (Å²) < 4.78 is 5.08. The fourth-order valence-corrected chi connectivity index (χ4v) is 1.67. The van der Waals surface area contributed by atoms with Crippen LogP contribution in [0.2, 0.25) is 0 Å². The third-order valence-electron chi connectivity index (χ3n) is 2.80. The van der Waals surface area contributed by atoms with Gasteiger partial charge in [-0.25, -0.2) is 0 Å². The predicted molar refractivity (Wildman–Crippen MR) is 70.4 cm³/mol. The van der Waals surface area contributed by atoms with Crippen molar-refractivity contribution in [3.05, 3.63) is 29.8 Å². The Hall–Kier alpha value is -1.55. The number of benzene rings is 1. The van der Waals surface area contributed by atoms with E-state index in [-0.39, 0.29) is 12.5 Å². The molecule has 100 valence electrons. The lowest BCUT2D eigenvalue weighted by molar-refractivity contribution is -0.130. The summed E-state index contributed by atoms with van der Waals surface area (Å²) in [6.45, 7) is 0.747. The molecule has 0 fully saturated rings. The van der Waals surface area contributed by atoms with Crippen molar-refractivity contribution in [3.8, 4) is 5.75 Å². The molecule has 1 amide bonds. The van der Waals surface area contributed by atoms with Crippen molar-refractivity contribution >= 4 is 5.91 Å². The number of aliphatic hydroxyl groups excluding tert-OH is 1. The number of amides is 1. The summed E-state index contributed by atoms with van der Waals surface area (Å²) in [4.78, 5) is 13.5. The number of carbonyl (C=O) groups is 1. The Morgan fingerprint density at radius 1 is 1.28 bits per heavy atom. The summed E-state index contributed by atoms with van der Waals surface area (Å²) in [6, 6.07) is 7.69. The maximum Gasteiger partial charge on any atom is 0.222 e. The second-order valence-electron chi connectivity index (χ2n) is 4.28. The molecule has 0 saturated heterocycles. The zero-order valence-electron chi connectivity index (χ0n) is 11.1. The standard InChI is InChI=1S/C14H21NO3/c1-15(14(17)5-3-4-10-16)11-12-6-8-13(18-2)9-7-12/h6-9,16H,3-5,10-11H2,1-2H3. The van der Waals surface area contributed by atoms with E-state index in [1.165, 1.54) is 0 Å². The smallest absolute Gasteiger partial charge is 0.222 e. The lowest BCUT2D eigenvalue weighted by atomic mass is 10.2. The molecule has 0 radical (unpaired) electrons. The van der Waals surface area contributed by atoms with Crippen LogP contribution in [0.3, 0.4) is 0 Å². The van der Waals surface area contributed by atoms with E-state index >= 15 is 0 Å². The van der Waals surface area contributed by atoms with Crippen LogP contribution in [-0.4, -0.2) is 36.7 Å². The van der Waals surface area contributed by atoms with E-state index in [0.717, 1.165) is 17.7 Å². The number of nitrogens with zero attached hydrogens (tertiary/aromatic N) is 1. The van der Waals surface area contributed by atoms with Gasteiger partial charge in [-0.05, 0) is 30.5 Å². The lowest BCUT2D eigenvalue weighted by Crippen LogP contribution is -2.25. The van der Waals surface area contributed by atoms with E-state index in [0.29, 0.717) is 19.4 Å². The predicted octanol–water partition coefficient (Wildman–Crippen LogP) is 1.82. The maximum absolute atomic E-state index is 11.8. The van der Waals surface area contributed by atoms with Gasteiger partial charge in [0.25, 0.3) is 0 Å². The van der Waals surface area contributed by atoms with Gasteiger partial charge in [0.1, 0.15) is 5.75 Å². The van der Waals surface area contributed by atoms with Crippen LogP contribution >= 0.6 is 0 Å². The van der Waals surface area contributed by atoms with Gasteiger partial charge >= 0.3 is 0 Å². The summed E-state index contributed by atoms with van der Waals surface area (Å²) in [6.07, 6.45) is 1.91. The molecule has 1 N–H and O–H groups in total. The SMILES string of the molecule is COc1ccc(CN(C)C(=O)CCCCO)cc1. The van der Waals surface area contributed by atoms with Crippen molar-refractivity contribution in [1.82, 2.24) is 4.90 Å². The number of hydrogen-bond acceptors (Lipinski definition) is 3. The number of carbonyl (C=O) groups excluding carboxylic acids is 1. The van der Waals surface area contributed by atoms with Crippen LogP contribution in [-0.2, 0) is 11.3 Å². The number of ether oxygens (including phenoxy) is 1. The summed E-state index contributed by atoms with van der Waals surface area (Å²) in [5.41, 5.74) is 1.08. The first-order valence-electron chi connectivity index (χ1n) is 6.15. The number of methoxy groups -OCH3 is 1. The summed E-state index contributed by atoms with van der Waals surface area (Å²) in [5, 5.41) is 8.67. The minimum atomic E-state index is 0.110. The Morgan fingerprint density at radius 2 is 1.94 bits per heavy atom. The first-order chi connectivity index (χ1) is 8.67. The van der Waals surface area contributed by atoms with Crippen molar-refractivity contribution < 1.29 is 14.6 Å². The Morgan fingerprint density at radius 3 is 2.50 bits per heavy atom. The van der Waals surface area contributed by atoms with E-state index < -0.39 is 0 Å². The van der Waals surface area contributed by atoms with Gasteiger partial charge in [-0.1, -0.05) is 12.1 Å². The minimum absolute atomic E-state index is 0.110. The van der Waals surface area contributed by atoms with Crippen LogP contribution in [0.5, 0.6) is 5.75 Å². The van der Waals surface area contributed by atoms with Gasteiger partial charge in [0.05, 0.1) is 7.11 Å². The molecule has 1 aromatic carbocycles. The van der Waals surface area contributed by atoms with Crippen LogP contribution in [0.25, 0.3) is 0 Å². The average Bonchev–Trinajstić information content (AvgIpc) is 2.39. The highest BCUT2D eigenvalue weighted by Crippen LogP contribution is 2.13. The summed E-state index contributed by atoms with van der Waals surface area (Å²) in [7, 11) is 3.43. The normalized spacial score (nSPS) is 10.2. The molecular formula is C14H21NO3. The Balaban J connectivity index is 2.42. The van der Waals surface area contributed by atoms with Gasteiger partial charge < -0.3 is 14.7 Å². The van der Waals surface area contributed by atoms with Gasteiger partial charge in [-0.3, -0.25) is 4.79 Å². The summed E-state index contributed by atoms with van der Waals surface area (Å²) >= 11 is 0. The topological polar surface area (TPSA) is 49.8 Å². The highest BCUT2D eigenvalue weighted by atomic mass is 16.5. The van der Waals surface area contributed by atoms with E-state index in [1.54, 1.807) is 19.1 Å².